The molecule has 0 bridgehead atoms. The molecule has 2 aromatic rings. The quantitative estimate of drug-likeness (QED) is 0.565. The number of nitrogens with two attached hydrogens (primary N) is 1. The summed E-state index contributed by atoms with van der Waals surface area (Å²) in [6.45, 7) is 0.0912. The molecule has 0 radical (unpaired) electrons. The van der Waals surface area contributed by atoms with Gasteiger partial charge in [0.2, 0.25) is 0 Å². The lowest BCUT2D eigenvalue weighted by Gasteiger charge is -2.16. The molecule has 0 aliphatic carbocycles. The van der Waals surface area contributed by atoms with Crippen molar-refractivity contribution >= 4 is 12.0 Å². The Morgan fingerprint density at radius 2 is 1.72 bits per heavy atom. The molecule has 0 saturated heterocycles. The van der Waals surface area contributed by atoms with Crippen LogP contribution in [0.4, 0.5) is 9.18 Å². The summed E-state index contributed by atoms with van der Waals surface area (Å²) in [5.41, 5.74) is 5.98. The molecule has 2 amide bonds. The molecule has 132 valence electrons. The number of carbonyl (C=O) groups excluding carboxylic acids is 2. The van der Waals surface area contributed by atoms with Crippen LogP contribution < -0.4 is 15.8 Å². The van der Waals surface area contributed by atoms with E-state index in [1.165, 1.54) is 24.3 Å². The summed E-state index contributed by atoms with van der Waals surface area (Å²) in [5, 5.41) is 2.37. The summed E-state index contributed by atoms with van der Waals surface area (Å²) in [5.74, 6) is -0.501. The second-order valence-electron chi connectivity index (χ2n) is 5.22. The van der Waals surface area contributed by atoms with Crippen LogP contribution in [0.3, 0.4) is 0 Å². The number of urea groups is 1. The van der Waals surface area contributed by atoms with Crippen molar-refractivity contribution in [3.05, 3.63) is 66.0 Å². The number of benzene rings is 2. The first kappa shape index (κ1) is 18.3. The highest BCUT2D eigenvalue weighted by Gasteiger charge is 2.21. The number of hydrogen-bond acceptors (Lipinski definition) is 4. The van der Waals surface area contributed by atoms with E-state index in [2.05, 4.69) is 5.32 Å². The highest BCUT2D eigenvalue weighted by Crippen LogP contribution is 2.11. The van der Waals surface area contributed by atoms with Crippen molar-refractivity contribution in [2.24, 2.45) is 5.73 Å². The van der Waals surface area contributed by atoms with E-state index in [0.29, 0.717) is 5.75 Å². The highest BCUT2D eigenvalue weighted by molar-refractivity contribution is 5.83. The smallest absolute Gasteiger partial charge is 0.329 e. The van der Waals surface area contributed by atoms with Gasteiger partial charge in [0.1, 0.15) is 30.8 Å². The van der Waals surface area contributed by atoms with Crippen LogP contribution in [-0.4, -0.2) is 31.3 Å². The number of rotatable bonds is 8. The van der Waals surface area contributed by atoms with Gasteiger partial charge in [0.05, 0.1) is 0 Å². The Hall–Kier alpha value is -3.09. The van der Waals surface area contributed by atoms with Gasteiger partial charge in [-0.25, -0.2) is 14.0 Å². The van der Waals surface area contributed by atoms with Crippen LogP contribution in [0.15, 0.2) is 54.6 Å². The van der Waals surface area contributed by atoms with Gasteiger partial charge in [-0.3, -0.25) is 0 Å². The molecule has 0 aliphatic heterocycles. The van der Waals surface area contributed by atoms with Crippen LogP contribution in [0.5, 0.6) is 5.75 Å². The molecular formula is C18H19FN2O4. The number of carbonyl (C=O) groups is 2. The highest BCUT2D eigenvalue weighted by atomic mass is 19.1. The van der Waals surface area contributed by atoms with E-state index >= 15 is 0 Å². The first-order valence-corrected chi connectivity index (χ1v) is 7.69. The molecule has 1 atom stereocenters. The summed E-state index contributed by atoms with van der Waals surface area (Å²) >= 11 is 0. The number of hydrogen-bond donors (Lipinski definition) is 2. The van der Waals surface area contributed by atoms with Gasteiger partial charge in [-0.15, -0.1) is 0 Å². The lowest BCUT2D eigenvalue weighted by Crippen LogP contribution is -2.46. The number of primary amides is 1. The van der Waals surface area contributed by atoms with E-state index in [1.54, 1.807) is 0 Å². The van der Waals surface area contributed by atoms with E-state index in [4.69, 9.17) is 15.2 Å². The first-order chi connectivity index (χ1) is 12.0. The van der Waals surface area contributed by atoms with Crippen LogP contribution in [0.2, 0.25) is 0 Å². The fraction of sp³-hybridized carbons (Fsp3) is 0.222. The van der Waals surface area contributed by atoms with E-state index in [0.717, 1.165) is 5.56 Å². The molecule has 2 aromatic carbocycles. The van der Waals surface area contributed by atoms with Gasteiger partial charge in [0, 0.05) is 6.42 Å². The van der Waals surface area contributed by atoms with Crippen LogP contribution in [0.1, 0.15) is 5.56 Å². The minimum Gasteiger partial charge on any atom is -0.490 e. The average Bonchev–Trinajstić information content (AvgIpc) is 2.60. The maximum Gasteiger partial charge on any atom is 0.329 e. The summed E-state index contributed by atoms with van der Waals surface area (Å²) in [6.07, 6.45) is 0.265. The molecule has 0 saturated carbocycles. The molecule has 2 rings (SSSR count). The van der Waals surface area contributed by atoms with Crippen molar-refractivity contribution in [3.63, 3.8) is 0 Å². The molecule has 0 aliphatic rings. The van der Waals surface area contributed by atoms with Crippen molar-refractivity contribution in [2.75, 3.05) is 13.2 Å². The molecule has 25 heavy (non-hydrogen) atoms. The second kappa shape index (κ2) is 9.27. The Kier molecular flexibility index (Phi) is 6.76. The Morgan fingerprint density at radius 3 is 2.36 bits per heavy atom. The van der Waals surface area contributed by atoms with Gasteiger partial charge in [-0.05, 0) is 29.8 Å². The molecule has 0 fully saturated rings. The van der Waals surface area contributed by atoms with Crippen LogP contribution in [-0.2, 0) is 16.0 Å². The van der Waals surface area contributed by atoms with Crippen molar-refractivity contribution in [3.8, 4) is 5.75 Å². The molecule has 7 heteroatoms. The van der Waals surface area contributed by atoms with Crippen molar-refractivity contribution in [1.82, 2.24) is 5.32 Å². The van der Waals surface area contributed by atoms with Crippen molar-refractivity contribution < 1.29 is 23.5 Å². The van der Waals surface area contributed by atoms with Gasteiger partial charge < -0.3 is 20.5 Å². The number of halogens is 1. The monoisotopic (exact) mass is 346 g/mol. The first-order valence-electron chi connectivity index (χ1n) is 7.69. The lowest BCUT2D eigenvalue weighted by atomic mass is 10.1. The van der Waals surface area contributed by atoms with Crippen LogP contribution in [0.25, 0.3) is 0 Å². The topological polar surface area (TPSA) is 90.7 Å². The maximum absolute atomic E-state index is 12.8. The van der Waals surface area contributed by atoms with Crippen molar-refractivity contribution in [1.29, 1.82) is 0 Å². The third-order valence-corrected chi connectivity index (χ3v) is 3.29. The summed E-state index contributed by atoms with van der Waals surface area (Å²) in [6, 6.07) is 13.0. The third kappa shape index (κ3) is 6.50. The standard InChI is InChI=1S/C18H19FN2O4/c19-14-6-8-15(9-7-14)24-10-11-25-17(22)16(21-18(20)23)12-13-4-2-1-3-5-13/h1-9,16H,10-12H2,(H3,20,21,23)/t16-/m0/s1. The number of amides is 2. The molecule has 3 N–H and O–H groups in total. The van der Waals surface area contributed by atoms with Crippen molar-refractivity contribution in [2.45, 2.75) is 12.5 Å². The number of ether oxygens (including phenoxy) is 2. The zero-order chi connectivity index (χ0) is 18.1. The molecule has 0 heterocycles. The third-order valence-electron chi connectivity index (χ3n) is 3.29. The Bertz CT molecular complexity index is 692. The van der Waals surface area contributed by atoms with E-state index < -0.39 is 18.0 Å². The van der Waals surface area contributed by atoms with Gasteiger partial charge in [-0.2, -0.15) is 0 Å². The van der Waals surface area contributed by atoms with Crippen LogP contribution in [0, 0.1) is 5.82 Å². The predicted molar refractivity (Wildman–Crippen MR) is 89.5 cm³/mol. The summed E-state index contributed by atoms with van der Waals surface area (Å²) in [4.78, 5) is 23.2. The number of nitrogens with one attached hydrogen (secondary N) is 1. The zero-order valence-electron chi connectivity index (χ0n) is 13.5. The molecule has 0 spiro atoms. The van der Waals surface area contributed by atoms with E-state index in [-0.39, 0.29) is 25.5 Å². The SMILES string of the molecule is NC(=O)N[C@@H](Cc1ccccc1)C(=O)OCCOc1ccc(F)cc1. The Morgan fingerprint density at radius 1 is 1.04 bits per heavy atom. The van der Waals surface area contributed by atoms with Gasteiger partial charge >= 0.3 is 12.0 Å². The fourth-order valence-electron chi connectivity index (χ4n) is 2.15. The molecule has 6 nitrogen and oxygen atoms in total. The Balaban J connectivity index is 1.82. The summed E-state index contributed by atoms with van der Waals surface area (Å²) < 4.78 is 23.2. The molecule has 0 unspecified atom stereocenters. The minimum absolute atomic E-state index is 0.0120. The lowest BCUT2D eigenvalue weighted by molar-refractivity contribution is -0.146. The Labute approximate surface area is 144 Å². The fourth-order valence-corrected chi connectivity index (χ4v) is 2.15. The van der Waals surface area contributed by atoms with E-state index in [1.807, 2.05) is 30.3 Å². The molecule has 0 aromatic heterocycles. The van der Waals surface area contributed by atoms with Gasteiger partial charge in [0.25, 0.3) is 0 Å². The average molecular weight is 346 g/mol. The zero-order valence-corrected chi connectivity index (χ0v) is 13.5. The predicted octanol–water partition coefficient (Wildman–Crippen LogP) is 2.03. The largest absolute Gasteiger partial charge is 0.490 e. The number of esters is 1. The van der Waals surface area contributed by atoms with Gasteiger partial charge in [-0.1, -0.05) is 30.3 Å². The van der Waals surface area contributed by atoms with Gasteiger partial charge in [0.15, 0.2) is 0 Å². The van der Waals surface area contributed by atoms with E-state index in [9.17, 15) is 14.0 Å². The second-order valence-corrected chi connectivity index (χ2v) is 5.22. The normalized spacial score (nSPS) is 11.4. The maximum atomic E-state index is 12.8. The summed E-state index contributed by atoms with van der Waals surface area (Å²) in [7, 11) is 0. The minimum atomic E-state index is -0.884. The molecular weight excluding hydrogens is 327 g/mol. The van der Waals surface area contributed by atoms with Crippen LogP contribution >= 0.6 is 0 Å².